The van der Waals surface area contributed by atoms with Crippen molar-refractivity contribution in [3.05, 3.63) is 83.9 Å². The highest BCUT2D eigenvalue weighted by Gasteiger charge is 2.23. The highest BCUT2D eigenvalue weighted by molar-refractivity contribution is 5.84. The lowest BCUT2D eigenvalue weighted by molar-refractivity contribution is -0.0353. The number of aromatic nitrogens is 3. The molecule has 0 saturated carbocycles. The molecule has 1 aliphatic rings. The molecule has 1 aliphatic heterocycles. The van der Waals surface area contributed by atoms with Crippen LogP contribution in [0.5, 0.6) is 5.75 Å². The summed E-state index contributed by atoms with van der Waals surface area (Å²) >= 11 is 0. The largest absolute Gasteiger partial charge is 0.494 e. The molecular formula is C26H27N5O2. The van der Waals surface area contributed by atoms with E-state index in [2.05, 4.69) is 38.4 Å². The van der Waals surface area contributed by atoms with Gasteiger partial charge in [0, 0.05) is 30.7 Å². The number of anilines is 2. The highest BCUT2D eigenvalue weighted by Crippen LogP contribution is 2.26. The van der Waals surface area contributed by atoms with Gasteiger partial charge < -0.3 is 14.8 Å². The molecule has 0 aliphatic carbocycles. The van der Waals surface area contributed by atoms with Gasteiger partial charge in [-0.1, -0.05) is 24.3 Å². The molecule has 1 unspecified atom stereocenters. The lowest BCUT2D eigenvalue weighted by atomic mass is 10.1. The van der Waals surface area contributed by atoms with E-state index in [0.717, 1.165) is 64.9 Å². The Kier molecular flexibility index (Phi) is 6.15. The third-order valence-electron chi connectivity index (χ3n) is 5.77. The average molecular weight is 442 g/mol. The van der Waals surface area contributed by atoms with Crippen molar-refractivity contribution in [1.82, 2.24) is 19.9 Å². The third kappa shape index (κ3) is 4.94. The number of ether oxygens (including phenoxy) is 2. The standard InChI is InChI=1S/C26H27N5O2/c1-18-5-3-8-25(28-18)29-20-11-12-22(27-15-20)24-17-31(13-14-33-24)16-21-10-9-19-6-4-7-23(32-2)26(19)30-21/h3-12,15,24H,13-14,16-17H2,1-2H3,(H,28,29). The molecule has 33 heavy (non-hydrogen) atoms. The Bertz CT molecular complexity index is 1250. The molecule has 3 aromatic heterocycles. The number of rotatable bonds is 6. The molecule has 1 saturated heterocycles. The number of benzene rings is 1. The van der Waals surface area contributed by atoms with E-state index in [1.807, 2.05) is 55.6 Å². The molecule has 1 atom stereocenters. The van der Waals surface area contributed by atoms with Gasteiger partial charge in [-0.25, -0.2) is 9.97 Å². The average Bonchev–Trinajstić information content (AvgIpc) is 2.84. The zero-order valence-corrected chi connectivity index (χ0v) is 18.9. The summed E-state index contributed by atoms with van der Waals surface area (Å²) in [6.45, 7) is 5.03. The second-order valence-electron chi connectivity index (χ2n) is 8.19. The number of hydrogen-bond donors (Lipinski definition) is 1. The first-order chi connectivity index (χ1) is 16.2. The van der Waals surface area contributed by atoms with E-state index in [0.29, 0.717) is 6.61 Å². The second-order valence-corrected chi connectivity index (χ2v) is 8.19. The van der Waals surface area contributed by atoms with E-state index >= 15 is 0 Å². The number of morpholine rings is 1. The number of nitrogens with zero attached hydrogens (tertiary/aromatic N) is 4. The van der Waals surface area contributed by atoms with Gasteiger partial charge in [-0.3, -0.25) is 9.88 Å². The fraction of sp³-hybridized carbons (Fsp3) is 0.269. The first-order valence-electron chi connectivity index (χ1n) is 11.1. The van der Waals surface area contributed by atoms with Crippen molar-refractivity contribution in [2.75, 3.05) is 32.1 Å². The Hall–Kier alpha value is -3.55. The van der Waals surface area contributed by atoms with Crippen LogP contribution in [0, 0.1) is 6.92 Å². The molecule has 7 nitrogen and oxygen atoms in total. The number of para-hydroxylation sites is 1. The van der Waals surface area contributed by atoms with Crippen molar-refractivity contribution in [2.45, 2.75) is 19.6 Å². The Morgan fingerprint density at radius 1 is 1.06 bits per heavy atom. The second kappa shape index (κ2) is 9.52. The van der Waals surface area contributed by atoms with Crippen molar-refractivity contribution in [3.8, 4) is 5.75 Å². The zero-order chi connectivity index (χ0) is 22.6. The molecule has 4 aromatic rings. The molecular weight excluding hydrogens is 414 g/mol. The van der Waals surface area contributed by atoms with Gasteiger partial charge >= 0.3 is 0 Å². The predicted octanol–water partition coefficient (Wildman–Crippen LogP) is 4.66. The maximum atomic E-state index is 6.04. The Morgan fingerprint density at radius 3 is 2.79 bits per heavy atom. The molecule has 168 valence electrons. The number of aryl methyl sites for hydroxylation is 1. The topological polar surface area (TPSA) is 72.4 Å². The minimum atomic E-state index is -0.0695. The monoisotopic (exact) mass is 441 g/mol. The van der Waals surface area contributed by atoms with Crippen molar-refractivity contribution in [3.63, 3.8) is 0 Å². The normalized spacial score (nSPS) is 16.6. The minimum Gasteiger partial charge on any atom is -0.494 e. The summed E-state index contributed by atoms with van der Waals surface area (Å²) in [5, 5.41) is 4.38. The van der Waals surface area contributed by atoms with E-state index < -0.39 is 0 Å². The SMILES string of the molecule is COc1cccc2ccc(CN3CCOC(c4ccc(Nc5cccc(C)n5)cn4)C3)nc12. The highest BCUT2D eigenvalue weighted by atomic mass is 16.5. The predicted molar refractivity (Wildman–Crippen MR) is 129 cm³/mol. The molecule has 4 heterocycles. The van der Waals surface area contributed by atoms with Gasteiger partial charge in [0.2, 0.25) is 0 Å². The van der Waals surface area contributed by atoms with E-state index in [-0.39, 0.29) is 6.10 Å². The van der Waals surface area contributed by atoms with Crippen molar-refractivity contribution in [2.24, 2.45) is 0 Å². The van der Waals surface area contributed by atoms with E-state index in [1.54, 1.807) is 7.11 Å². The van der Waals surface area contributed by atoms with Crippen LogP contribution in [-0.2, 0) is 11.3 Å². The molecule has 1 aromatic carbocycles. The van der Waals surface area contributed by atoms with Crippen LogP contribution in [0.1, 0.15) is 23.2 Å². The third-order valence-corrected chi connectivity index (χ3v) is 5.77. The number of fused-ring (bicyclic) bond motifs is 1. The number of nitrogens with one attached hydrogen (secondary N) is 1. The first-order valence-corrected chi connectivity index (χ1v) is 11.1. The van der Waals surface area contributed by atoms with Crippen LogP contribution in [0.4, 0.5) is 11.5 Å². The number of hydrogen-bond acceptors (Lipinski definition) is 7. The summed E-state index contributed by atoms with van der Waals surface area (Å²) in [7, 11) is 1.68. The van der Waals surface area contributed by atoms with Crippen LogP contribution in [0.15, 0.2) is 66.9 Å². The lowest BCUT2D eigenvalue weighted by Crippen LogP contribution is -2.38. The fourth-order valence-electron chi connectivity index (χ4n) is 4.10. The van der Waals surface area contributed by atoms with Gasteiger partial charge in [-0.2, -0.15) is 0 Å². The first kappa shape index (κ1) is 21.3. The summed E-state index contributed by atoms with van der Waals surface area (Å²) in [4.78, 5) is 16.3. The van der Waals surface area contributed by atoms with Crippen LogP contribution in [0.3, 0.4) is 0 Å². The van der Waals surface area contributed by atoms with E-state index in [1.165, 1.54) is 0 Å². The molecule has 5 rings (SSSR count). The number of pyridine rings is 3. The van der Waals surface area contributed by atoms with Gasteiger partial charge in [0.25, 0.3) is 0 Å². The van der Waals surface area contributed by atoms with Gasteiger partial charge in [0.15, 0.2) is 0 Å². The Morgan fingerprint density at radius 2 is 1.97 bits per heavy atom. The van der Waals surface area contributed by atoms with Crippen LogP contribution in [-0.4, -0.2) is 46.7 Å². The molecule has 1 fully saturated rings. The van der Waals surface area contributed by atoms with Crippen LogP contribution < -0.4 is 10.1 Å². The molecule has 0 radical (unpaired) electrons. The summed E-state index contributed by atoms with van der Waals surface area (Å²) in [6.07, 6.45) is 1.76. The minimum absolute atomic E-state index is 0.0695. The van der Waals surface area contributed by atoms with Gasteiger partial charge in [-0.05, 0) is 43.3 Å². The number of methoxy groups -OCH3 is 1. The fourth-order valence-corrected chi connectivity index (χ4v) is 4.10. The van der Waals surface area contributed by atoms with Crippen molar-refractivity contribution < 1.29 is 9.47 Å². The summed E-state index contributed by atoms with van der Waals surface area (Å²) < 4.78 is 11.5. The molecule has 7 heteroatoms. The zero-order valence-electron chi connectivity index (χ0n) is 18.9. The maximum absolute atomic E-state index is 6.04. The van der Waals surface area contributed by atoms with E-state index in [9.17, 15) is 0 Å². The van der Waals surface area contributed by atoms with Crippen LogP contribution in [0.2, 0.25) is 0 Å². The van der Waals surface area contributed by atoms with Gasteiger partial charge in [0.1, 0.15) is 23.2 Å². The quantitative estimate of drug-likeness (QED) is 0.467. The summed E-state index contributed by atoms with van der Waals surface area (Å²) in [5.41, 5.74) is 4.72. The van der Waals surface area contributed by atoms with E-state index in [4.69, 9.17) is 14.5 Å². The molecule has 0 amide bonds. The van der Waals surface area contributed by atoms with Crippen molar-refractivity contribution in [1.29, 1.82) is 0 Å². The van der Waals surface area contributed by atoms with Crippen LogP contribution >= 0.6 is 0 Å². The molecule has 0 bridgehead atoms. The molecule has 0 spiro atoms. The Labute approximate surface area is 193 Å². The summed E-state index contributed by atoms with van der Waals surface area (Å²) in [5.74, 6) is 1.61. The lowest BCUT2D eigenvalue weighted by Gasteiger charge is -2.32. The smallest absolute Gasteiger partial charge is 0.145 e. The van der Waals surface area contributed by atoms with Crippen LogP contribution in [0.25, 0.3) is 10.9 Å². The molecule has 1 N–H and O–H groups in total. The van der Waals surface area contributed by atoms with Gasteiger partial charge in [0.05, 0.1) is 37.0 Å². The summed E-state index contributed by atoms with van der Waals surface area (Å²) in [6, 6.07) is 20.1. The maximum Gasteiger partial charge on any atom is 0.145 e. The van der Waals surface area contributed by atoms with Crippen molar-refractivity contribution >= 4 is 22.4 Å². The Balaban J connectivity index is 1.25. The van der Waals surface area contributed by atoms with Gasteiger partial charge in [-0.15, -0.1) is 0 Å².